The van der Waals surface area contributed by atoms with Crippen LogP contribution >= 0.6 is 0 Å². The van der Waals surface area contributed by atoms with Gasteiger partial charge in [-0.1, -0.05) is 0 Å². The molecule has 112 valence electrons. The van der Waals surface area contributed by atoms with Gasteiger partial charge in [0.25, 0.3) is 5.56 Å². The lowest BCUT2D eigenvalue weighted by molar-refractivity contribution is 0.0696. The van der Waals surface area contributed by atoms with Gasteiger partial charge < -0.3 is 9.84 Å². The molecule has 0 amide bonds. The van der Waals surface area contributed by atoms with Crippen LogP contribution in [0, 0.1) is 0 Å². The summed E-state index contributed by atoms with van der Waals surface area (Å²) in [6, 6.07) is 6.03. The van der Waals surface area contributed by atoms with Crippen molar-refractivity contribution in [2.24, 2.45) is 0 Å². The fourth-order valence-corrected chi connectivity index (χ4v) is 2.36. The Kier molecular flexibility index (Phi) is 3.09. The predicted octanol–water partition coefficient (Wildman–Crippen LogP) is 2.00. The lowest BCUT2D eigenvalue weighted by Crippen LogP contribution is -2.32. The summed E-state index contributed by atoms with van der Waals surface area (Å²) in [5.74, 6) is -0.542. The summed E-state index contributed by atoms with van der Waals surface area (Å²) < 4.78 is 7.11. The normalized spacial score (nSPS) is 15.5. The Bertz CT molecular complexity index is 849. The van der Waals surface area contributed by atoms with Crippen molar-refractivity contribution in [3.05, 3.63) is 64.3 Å². The molecule has 0 aliphatic carbocycles. The van der Waals surface area contributed by atoms with E-state index >= 15 is 0 Å². The number of fused-ring (bicyclic) bond motifs is 1. The van der Waals surface area contributed by atoms with E-state index in [1.165, 1.54) is 22.9 Å². The van der Waals surface area contributed by atoms with Crippen LogP contribution in [-0.2, 0) is 0 Å². The van der Waals surface area contributed by atoms with E-state index in [0.717, 1.165) is 0 Å². The Morgan fingerprint density at radius 1 is 1.32 bits per heavy atom. The topological polar surface area (TPSA) is 81.4 Å². The van der Waals surface area contributed by atoms with Gasteiger partial charge >= 0.3 is 5.97 Å². The number of nitrogens with zero attached hydrogens (tertiary/aromatic N) is 2. The molecule has 22 heavy (non-hydrogen) atoms. The average Bonchev–Trinajstić information content (AvgIpc) is 2.45. The molecule has 1 aliphatic rings. The number of carboxylic acids is 1. The van der Waals surface area contributed by atoms with Gasteiger partial charge in [0, 0.05) is 18.5 Å². The number of ether oxygens (including phenoxy) is 1. The number of hydrogen-bond donors (Lipinski definition) is 1. The molecule has 0 fully saturated rings. The highest BCUT2D eigenvalue weighted by atomic mass is 16.5. The van der Waals surface area contributed by atoms with Crippen LogP contribution in [0.4, 0.5) is 0 Å². The molecule has 1 aliphatic heterocycles. The SMILES string of the molecule is CC1(C)C=C(n2cc(C(=O)O)ccc2=O)c2ncccc2O1. The summed E-state index contributed by atoms with van der Waals surface area (Å²) in [5.41, 5.74) is 0.0866. The average molecular weight is 298 g/mol. The number of carboxylic acid groups (broad SMARTS) is 1. The van der Waals surface area contributed by atoms with Gasteiger partial charge in [0.05, 0.1) is 11.3 Å². The third kappa shape index (κ3) is 2.39. The third-order valence-corrected chi connectivity index (χ3v) is 3.29. The van der Waals surface area contributed by atoms with Gasteiger partial charge in [0.2, 0.25) is 0 Å². The largest absolute Gasteiger partial charge is 0.481 e. The molecule has 0 spiro atoms. The molecular formula is C16H14N2O4. The van der Waals surface area contributed by atoms with Crippen molar-refractivity contribution in [1.82, 2.24) is 9.55 Å². The molecule has 2 aromatic heterocycles. The minimum atomic E-state index is -1.10. The van der Waals surface area contributed by atoms with E-state index in [1.807, 2.05) is 13.8 Å². The predicted molar refractivity (Wildman–Crippen MR) is 80.0 cm³/mol. The second kappa shape index (κ2) is 4.84. The minimum absolute atomic E-state index is 0.0299. The molecule has 0 unspecified atom stereocenters. The molecular weight excluding hydrogens is 284 g/mol. The summed E-state index contributed by atoms with van der Waals surface area (Å²) in [7, 11) is 0. The van der Waals surface area contributed by atoms with Crippen LogP contribution in [0.3, 0.4) is 0 Å². The monoisotopic (exact) mass is 298 g/mol. The number of hydrogen-bond acceptors (Lipinski definition) is 4. The summed E-state index contributed by atoms with van der Waals surface area (Å²) >= 11 is 0. The van der Waals surface area contributed by atoms with E-state index in [4.69, 9.17) is 9.84 Å². The summed E-state index contributed by atoms with van der Waals surface area (Å²) in [4.78, 5) is 27.6. The Balaban J connectivity index is 2.26. The van der Waals surface area contributed by atoms with Gasteiger partial charge in [-0.05, 0) is 38.1 Å². The van der Waals surface area contributed by atoms with Crippen molar-refractivity contribution < 1.29 is 14.6 Å². The highest BCUT2D eigenvalue weighted by molar-refractivity contribution is 5.87. The number of aromatic carboxylic acids is 1. The van der Waals surface area contributed by atoms with Crippen molar-refractivity contribution >= 4 is 11.7 Å². The van der Waals surface area contributed by atoms with Crippen LogP contribution in [0.5, 0.6) is 5.75 Å². The van der Waals surface area contributed by atoms with E-state index in [9.17, 15) is 9.59 Å². The van der Waals surface area contributed by atoms with E-state index in [0.29, 0.717) is 17.1 Å². The zero-order valence-corrected chi connectivity index (χ0v) is 12.1. The summed E-state index contributed by atoms with van der Waals surface area (Å²) in [6.07, 6.45) is 4.66. The van der Waals surface area contributed by atoms with E-state index in [2.05, 4.69) is 4.98 Å². The van der Waals surface area contributed by atoms with E-state index < -0.39 is 11.6 Å². The van der Waals surface area contributed by atoms with E-state index in [1.54, 1.807) is 24.4 Å². The lowest BCUT2D eigenvalue weighted by atomic mass is 10.0. The van der Waals surface area contributed by atoms with Gasteiger partial charge in [-0.3, -0.25) is 14.3 Å². The maximum Gasteiger partial charge on any atom is 0.337 e. The Labute approximate surface area is 126 Å². The maximum absolute atomic E-state index is 12.2. The van der Waals surface area contributed by atoms with Crippen LogP contribution in [-0.4, -0.2) is 26.2 Å². The molecule has 6 heteroatoms. The minimum Gasteiger partial charge on any atom is -0.481 e. The van der Waals surface area contributed by atoms with Crippen LogP contribution in [0.15, 0.2) is 47.5 Å². The zero-order valence-electron chi connectivity index (χ0n) is 12.1. The third-order valence-electron chi connectivity index (χ3n) is 3.29. The van der Waals surface area contributed by atoms with Crippen LogP contribution in [0.2, 0.25) is 0 Å². The highest BCUT2D eigenvalue weighted by Gasteiger charge is 2.28. The molecule has 0 saturated carbocycles. The molecule has 0 bridgehead atoms. The fourth-order valence-electron chi connectivity index (χ4n) is 2.36. The summed E-state index contributed by atoms with van der Waals surface area (Å²) in [5, 5.41) is 9.12. The first-order valence-corrected chi connectivity index (χ1v) is 6.71. The number of carbonyl (C=O) groups is 1. The molecule has 2 aromatic rings. The molecule has 3 rings (SSSR count). The van der Waals surface area contributed by atoms with Crippen LogP contribution < -0.4 is 10.3 Å². The van der Waals surface area contributed by atoms with Gasteiger partial charge in [-0.25, -0.2) is 4.79 Å². The molecule has 6 nitrogen and oxygen atoms in total. The molecule has 0 saturated heterocycles. The highest BCUT2D eigenvalue weighted by Crippen LogP contribution is 2.34. The maximum atomic E-state index is 12.2. The number of pyridine rings is 2. The first-order chi connectivity index (χ1) is 10.4. The smallest absolute Gasteiger partial charge is 0.337 e. The fraction of sp³-hybridized carbons (Fsp3) is 0.188. The quantitative estimate of drug-likeness (QED) is 0.917. The second-order valence-corrected chi connectivity index (χ2v) is 5.52. The lowest BCUT2D eigenvalue weighted by Gasteiger charge is -2.30. The molecule has 0 radical (unpaired) electrons. The van der Waals surface area contributed by atoms with Crippen molar-refractivity contribution in [1.29, 1.82) is 0 Å². The van der Waals surface area contributed by atoms with E-state index in [-0.39, 0.29) is 11.1 Å². The first-order valence-electron chi connectivity index (χ1n) is 6.71. The molecule has 3 heterocycles. The van der Waals surface area contributed by atoms with Crippen LogP contribution in [0.25, 0.3) is 5.70 Å². The Morgan fingerprint density at radius 3 is 2.82 bits per heavy atom. The van der Waals surface area contributed by atoms with Crippen molar-refractivity contribution in [2.75, 3.05) is 0 Å². The van der Waals surface area contributed by atoms with Gasteiger partial charge in [0.1, 0.15) is 17.0 Å². The number of aromatic nitrogens is 2. The molecule has 0 aromatic carbocycles. The van der Waals surface area contributed by atoms with Crippen molar-refractivity contribution in [3.63, 3.8) is 0 Å². The Hall–Kier alpha value is -2.89. The molecule has 1 N–H and O–H groups in total. The number of rotatable bonds is 2. The molecule has 0 atom stereocenters. The van der Waals surface area contributed by atoms with Crippen LogP contribution in [0.1, 0.15) is 29.9 Å². The summed E-state index contributed by atoms with van der Waals surface area (Å²) in [6.45, 7) is 3.71. The first kappa shape index (κ1) is 14.1. The van der Waals surface area contributed by atoms with Gasteiger partial charge in [-0.2, -0.15) is 0 Å². The zero-order chi connectivity index (χ0) is 15.9. The Morgan fingerprint density at radius 2 is 2.09 bits per heavy atom. The van der Waals surface area contributed by atoms with Crippen molar-refractivity contribution in [2.45, 2.75) is 19.4 Å². The van der Waals surface area contributed by atoms with Gasteiger partial charge in [-0.15, -0.1) is 0 Å². The van der Waals surface area contributed by atoms with Crippen molar-refractivity contribution in [3.8, 4) is 5.75 Å². The van der Waals surface area contributed by atoms with Gasteiger partial charge in [0.15, 0.2) is 0 Å². The second-order valence-electron chi connectivity index (χ2n) is 5.52. The standard InChI is InChI=1S/C16H14N2O4/c1-16(2)8-11(14-12(22-16)4-3-7-17-14)18-9-10(15(20)21)5-6-13(18)19/h3-9H,1-2H3,(H,20,21).